The summed E-state index contributed by atoms with van der Waals surface area (Å²) in [5.41, 5.74) is 0. The van der Waals surface area contributed by atoms with Gasteiger partial charge in [-0.15, -0.1) is 11.6 Å². The van der Waals surface area contributed by atoms with Crippen molar-refractivity contribution in [3.8, 4) is 11.5 Å². The van der Waals surface area contributed by atoms with E-state index in [-0.39, 0.29) is 17.9 Å². The Bertz CT molecular complexity index is 476. The van der Waals surface area contributed by atoms with E-state index in [1.165, 1.54) is 0 Å². The first kappa shape index (κ1) is 12.6. The molecule has 0 unspecified atom stereocenters. The van der Waals surface area contributed by atoms with E-state index in [1.807, 2.05) is 29.2 Å². The van der Waals surface area contributed by atoms with E-state index in [1.54, 1.807) is 0 Å². The molecule has 1 atom stereocenters. The molecular formula is C14H16ClNO3. The molecule has 0 saturated heterocycles. The third-order valence-corrected chi connectivity index (χ3v) is 3.62. The second-order valence-corrected chi connectivity index (χ2v) is 5.18. The molecule has 1 saturated carbocycles. The van der Waals surface area contributed by atoms with Crippen LogP contribution >= 0.6 is 11.6 Å². The average molecular weight is 282 g/mol. The molecule has 19 heavy (non-hydrogen) atoms. The minimum atomic E-state index is -0.123. The van der Waals surface area contributed by atoms with Crippen LogP contribution in [0.1, 0.15) is 12.8 Å². The van der Waals surface area contributed by atoms with Crippen LogP contribution in [0.3, 0.4) is 0 Å². The Morgan fingerprint density at radius 1 is 1.32 bits per heavy atom. The van der Waals surface area contributed by atoms with E-state index >= 15 is 0 Å². The second-order valence-electron chi connectivity index (χ2n) is 4.91. The topological polar surface area (TPSA) is 38.8 Å². The number of nitrogens with zero attached hydrogens (tertiary/aromatic N) is 1. The maximum atomic E-state index is 11.8. The zero-order chi connectivity index (χ0) is 13.2. The number of rotatable bonds is 4. The first-order valence-electron chi connectivity index (χ1n) is 6.52. The van der Waals surface area contributed by atoms with Crippen LogP contribution in [0.4, 0.5) is 0 Å². The van der Waals surface area contributed by atoms with Crippen molar-refractivity contribution >= 4 is 17.5 Å². The Kier molecular flexibility index (Phi) is 3.51. The van der Waals surface area contributed by atoms with Gasteiger partial charge in [0.25, 0.3) is 0 Å². The zero-order valence-corrected chi connectivity index (χ0v) is 11.3. The Hall–Kier alpha value is -1.42. The fourth-order valence-electron chi connectivity index (χ4n) is 2.29. The Balaban J connectivity index is 1.66. The molecule has 2 aliphatic rings. The summed E-state index contributed by atoms with van der Waals surface area (Å²) in [6.07, 6.45) is 2.00. The smallest absolute Gasteiger partial charge is 0.237 e. The first-order chi connectivity index (χ1) is 9.28. The number of ether oxygens (including phenoxy) is 2. The minimum Gasteiger partial charge on any atom is -0.486 e. The van der Waals surface area contributed by atoms with Crippen LogP contribution in [-0.2, 0) is 4.79 Å². The predicted octanol–water partition coefficient (Wildman–Crippen LogP) is 2.06. The molecule has 1 amide bonds. The predicted molar refractivity (Wildman–Crippen MR) is 71.8 cm³/mol. The zero-order valence-electron chi connectivity index (χ0n) is 10.5. The molecule has 0 spiro atoms. The number of carbonyl (C=O) groups excluding carboxylic acids is 1. The fourth-order valence-corrected chi connectivity index (χ4v) is 2.44. The van der Waals surface area contributed by atoms with Gasteiger partial charge in [0.15, 0.2) is 17.6 Å². The van der Waals surface area contributed by atoms with Gasteiger partial charge in [-0.05, 0) is 25.0 Å². The number of halogens is 1. The van der Waals surface area contributed by atoms with Crippen molar-refractivity contribution in [3.05, 3.63) is 24.3 Å². The molecular weight excluding hydrogens is 266 g/mol. The van der Waals surface area contributed by atoms with Crippen LogP contribution in [0.25, 0.3) is 0 Å². The highest BCUT2D eigenvalue weighted by Gasteiger charge is 2.35. The molecule has 1 heterocycles. The van der Waals surface area contributed by atoms with Gasteiger partial charge in [0.1, 0.15) is 12.5 Å². The van der Waals surface area contributed by atoms with Gasteiger partial charge in [-0.3, -0.25) is 4.79 Å². The van der Waals surface area contributed by atoms with Gasteiger partial charge >= 0.3 is 0 Å². The molecule has 3 rings (SSSR count). The van der Waals surface area contributed by atoms with Crippen molar-refractivity contribution in [2.75, 3.05) is 19.0 Å². The molecule has 102 valence electrons. The molecule has 0 N–H and O–H groups in total. The SMILES string of the molecule is O=C(CCl)N(C[C@@H]1COc2ccccc2O1)C1CC1. The third kappa shape index (κ3) is 2.78. The largest absolute Gasteiger partial charge is 0.486 e. The van der Waals surface area contributed by atoms with Crippen LogP contribution in [0.2, 0.25) is 0 Å². The van der Waals surface area contributed by atoms with E-state index < -0.39 is 0 Å². The number of carbonyl (C=O) groups is 1. The molecule has 1 fully saturated rings. The lowest BCUT2D eigenvalue weighted by Gasteiger charge is -2.31. The summed E-state index contributed by atoms with van der Waals surface area (Å²) in [7, 11) is 0. The maximum Gasteiger partial charge on any atom is 0.237 e. The van der Waals surface area contributed by atoms with Crippen LogP contribution < -0.4 is 9.47 Å². The van der Waals surface area contributed by atoms with Gasteiger partial charge < -0.3 is 14.4 Å². The van der Waals surface area contributed by atoms with Crippen LogP contribution in [0.5, 0.6) is 11.5 Å². The number of amides is 1. The average Bonchev–Trinajstić information content (AvgIpc) is 3.28. The summed E-state index contributed by atoms with van der Waals surface area (Å²) in [4.78, 5) is 13.6. The molecule has 1 aromatic carbocycles. The van der Waals surface area contributed by atoms with Crippen LogP contribution in [0, 0.1) is 0 Å². The number of para-hydroxylation sites is 2. The Morgan fingerprint density at radius 2 is 2.05 bits per heavy atom. The van der Waals surface area contributed by atoms with Gasteiger partial charge in [0.05, 0.1) is 6.54 Å². The fraction of sp³-hybridized carbons (Fsp3) is 0.500. The molecule has 0 radical (unpaired) electrons. The van der Waals surface area contributed by atoms with Gasteiger partial charge in [-0.25, -0.2) is 0 Å². The highest BCUT2D eigenvalue weighted by atomic mass is 35.5. The Labute approximate surface area is 117 Å². The Morgan fingerprint density at radius 3 is 2.74 bits per heavy atom. The number of hydrogen-bond acceptors (Lipinski definition) is 3. The lowest BCUT2D eigenvalue weighted by molar-refractivity contribution is -0.130. The van der Waals surface area contributed by atoms with Gasteiger partial charge in [0, 0.05) is 6.04 Å². The summed E-state index contributed by atoms with van der Waals surface area (Å²) in [6, 6.07) is 7.93. The molecule has 5 heteroatoms. The van der Waals surface area contributed by atoms with Gasteiger partial charge in [0.2, 0.25) is 5.91 Å². The molecule has 1 aromatic rings. The molecule has 1 aliphatic heterocycles. The van der Waals surface area contributed by atoms with Crippen LogP contribution in [0.15, 0.2) is 24.3 Å². The summed E-state index contributed by atoms with van der Waals surface area (Å²) in [6.45, 7) is 1.01. The lowest BCUT2D eigenvalue weighted by atomic mass is 10.2. The maximum absolute atomic E-state index is 11.8. The number of benzene rings is 1. The van der Waals surface area contributed by atoms with E-state index in [0.717, 1.165) is 24.3 Å². The van der Waals surface area contributed by atoms with Crippen molar-refractivity contribution in [2.45, 2.75) is 25.0 Å². The molecule has 0 bridgehead atoms. The summed E-state index contributed by atoms with van der Waals surface area (Å²) >= 11 is 5.65. The van der Waals surface area contributed by atoms with Crippen molar-refractivity contribution in [1.82, 2.24) is 4.90 Å². The molecule has 4 nitrogen and oxygen atoms in total. The monoisotopic (exact) mass is 281 g/mol. The lowest BCUT2D eigenvalue weighted by Crippen LogP contribution is -2.45. The van der Waals surface area contributed by atoms with E-state index in [0.29, 0.717) is 19.2 Å². The number of alkyl halides is 1. The van der Waals surface area contributed by atoms with Crippen molar-refractivity contribution in [1.29, 1.82) is 0 Å². The van der Waals surface area contributed by atoms with Crippen molar-refractivity contribution in [3.63, 3.8) is 0 Å². The van der Waals surface area contributed by atoms with E-state index in [9.17, 15) is 4.79 Å². The van der Waals surface area contributed by atoms with E-state index in [2.05, 4.69) is 0 Å². The highest BCUT2D eigenvalue weighted by Crippen LogP contribution is 2.32. The quantitative estimate of drug-likeness (QED) is 0.793. The molecule has 1 aliphatic carbocycles. The highest BCUT2D eigenvalue weighted by molar-refractivity contribution is 6.27. The van der Waals surface area contributed by atoms with Crippen LogP contribution in [-0.4, -0.2) is 42.0 Å². The summed E-state index contributed by atoms with van der Waals surface area (Å²) in [5, 5.41) is 0. The van der Waals surface area contributed by atoms with Gasteiger partial charge in [-0.1, -0.05) is 12.1 Å². The summed E-state index contributed by atoms with van der Waals surface area (Å²) < 4.78 is 11.5. The number of fused-ring (bicyclic) bond motifs is 1. The minimum absolute atomic E-state index is 0.0216. The second kappa shape index (κ2) is 5.29. The van der Waals surface area contributed by atoms with Gasteiger partial charge in [-0.2, -0.15) is 0 Å². The van der Waals surface area contributed by atoms with E-state index in [4.69, 9.17) is 21.1 Å². The third-order valence-electron chi connectivity index (χ3n) is 3.39. The first-order valence-corrected chi connectivity index (χ1v) is 7.05. The summed E-state index contributed by atoms with van der Waals surface area (Å²) in [5.74, 6) is 1.51. The normalized spacial score (nSPS) is 21.0. The molecule has 0 aromatic heterocycles. The standard InChI is InChI=1S/C14H16ClNO3/c15-7-14(17)16(10-5-6-10)8-11-9-18-12-3-1-2-4-13(12)19-11/h1-4,10-11H,5-9H2/t11-/m1/s1. The van der Waals surface area contributed by atoms with Crippen molar-refractivity contribution < 1.29 is 14.3 Å². The van der Waals surface area contributed by atoms with Crippen molar-refractivity contribution in [2.24, 2.45) is 0 Å². The number of hydrogen-bond donors (Lipinski definition) is 0.